The van der Waals surface area contributed by atoms with Crippen molar-refractivity contribution in [3.8, 4) is 0 Å². The Bertz CT molecular complexity index is 2070. The molecule has 6 aromatic carbocycles. The Hall–Kier alpha value is -2.80. The summed E-state index contributed by atoms with van der Waals surface area (Å²) in [7, 11) is 0. The van der Waals surface area contributed by atoms with Gasteiger partial charge in [0, 0.05) is 108 Å². The maximum absolute atomic E-state index is 2.40. The fourth-order valence-electron chi connectivity index (χ4n) is 7.37. The highest BCUT2D eigenvalue weighted by molar-refractivity contribution is 7.12. The monoisotopic (exact) mass is 530 g/mol. The molecule has 0 aliphatic heterocycles. The Morgan fingerprint density at radius 1 is 0.200 bits per heavy atom. The minimum Gasteiger partial charge on any atom is -0.151 e. The molecule has 0 radical (unpaired) electrons. The second-order valence-electron chi connectivity index (χ2n) is 9.75. The Labute approximate surface area is 216 Å². The molecule has 0 saturated heterocycles. The second-order valence-corrected chi connectivity index (χ2v) is 13.5. The molecule has 11 aromatic rings. The Balaban J connectivity index is 1.77. The van der Waals surface area contributed by atoms with Gasteiger partial charge in [-0.15, -0.1) is 0 Å². The van der Waals surface area contributed by atoms with Gasteiger partial charge >= 0.3 is 0 Å². The second kappa shape index (κ2) is 5.46. The van der Waals surface area contributed by atoms with Crippen molar-refractivity contribution in [1.82, 2.24) is 0 Å². The minimum atomic E-state index is 1.43. The van der Waals surface area contributed by atoms with Crippen molar-refractivity contribution in [2.75, 3.05) is 0 Å². The number of hydrogen-bond acceptors (Lipinski definition) is 5. The van der Waals surface area contributed by atoms with Crippen molar-refractivity contribution >= 4 is 164 Å². The van der Waals surface area contributed by atoms with E-state index in [0.29, 0.717) is 0 Å². The third-order valence-corrected chi connectivity index (χ3v) is 12.2. The van der Waals surface area contributed by atoms with Gasteiger partial charge < -0.3 is 0 Å². The quantitative estimate of drug-likeness (QED) is 0.171. The first-order valence-corrected chi connectivity index (χ1v) is 16.2. The highest BCUT2D eigenvalue weighted by atomic mass is 32.1. The molecule has 0 atom stereocenters. The number of thiophene rings is 5. The minimum absolute atomic E-state index is 1.43. The third kappa shape index (κ3) is 1.64. The Morgan fingerprint density at radius 3 is 0.486 bits per heavy atom. The molecule has 11 rings (SSSR count). The summed E-state index contributed by atoms with van der Waals surface area (Å²) in [5, 5.41) is 53.2. The van der Waals surface area contributed by atoms with Crippen molar-refractivity contribution in [1.29, 1.82) is 0 Å². The first-order valence-electron chi connectivity index (χ1n) is 11.5. The van der Waals surface area contributed by atoms with Crippen LogP contribution < -0.4 is 0 Å². The van der Waals surface area contributed by atoms with Crippen molar-refractivity contribution < 1.29 is 0 Å². The van der Waals surface area contributed by atoms with Crippen LogP contribution in [-0.4, -0.2) is 0 Å². The van der Waals surface area contributed by atoms with Crippen LogP contribution in [0.1, 0.15) is 0 Å². The third-order valence-electron chi connectivity index (χ3n) is 8.50. The molecule has 0 aliphatic rings. The molecule has 0 spiro atoms. The molecular weight excluding hydrogens is 521 g/mol. The van der Waals surface area contributed by atoms with E-state index in [4.69, 9.17) is 0 Å². The first-order chi connectivity index (χ1) is 17.4. The molecular formula is C30H10S5. The maximum Gasteiger partial charge on any atom is 0.00153 e. The Morgan fingerprint density at radius 2 is 0.343 bits per heavy atom. The predicted molar refractivity (Wildman–Crippen MR) is 164 cm³/mol. The van der Waals surface area contributed by atoms with Crippen LogP contribution in [0.25, 0.3) is 108 Å². The van der Waals surface area contributed by atoms with Gasteiger partial charge in [-0.3, -0.25) is 0 Å². The van der Waals surface area contributed by atoms with Crippen LogP contribution in [0.4, 0.5) is 0 Å². The van der Waals surface area contributed by atoms with Gasteiger partial charge in [-0.05, 0) is 53.8 Å². The number of rotatable bonds is 0. The summed E-state index contributed by atoms with van der Waals surface area (Å²) in [5.74, 6) is 0. The molecule has 0 bridgehead atoms. The standard InChI is InChI=1S/C30H10S5/c1-11-12(2-31-1)22-15-5-33-6-16(15)24-19-9-35-10-20(19)25-18-8-34-7-17(18)23-14-4-32-3-13(14)21(11)26-27(22)29(24)30(25)28(23)26/h1-10H. The maximum atomic E-state index is 2.40. The van der Waals surface area contributed by atoms with E-state index in [1.165, 1.54) is 108 Å². The van der Waals surface area contributed by atoms with Crippen molar-refractivity contribution in [3.05, 3.63) is 53.8 Å². The lowest BCUT2D eigenvalue weighted by molar-refractivity contribution is 2.13. The van der Waals surface area contributed by atoms with Gasteiger partial charge in [-0.2, -0.15) is 56.7 Å². The summed E-state index contributed by atoms with van der Waals surface area (Å²) < 4.78 is 0. The fraction of sp³-hybridized carbons (Fsp3) is 0. The van der Waals surface area contributed by atoms with Crippen molar-refractivity contribution in [3.63, 3.8) is 0 Å². The van der Waals surface area contributed by atoms with Crippen molar-refractivity contribution in [2.24, 2.45) is 0 Å². The van der Waals surface area contributed by atoms with Gasteiger partial charge in [0.2, 0.25) is 0 Å². The van der Waals surface area contributed by atoms with Gasteiger partial charge in [-0.1, -0.05) is 0 Å². The van der Waals surface area contributed by atoms with Gasteiger partial charge in [0.15, 0.2) is 0 Å². The van der Waals surface area contributed by atoms with Gasteiger partial charge in [0.25, 0.3) is 0 Å². The summed E-state index contributed by atoms with van der Waals surface area (Å²) in [6.45, 7) is 0. The lowest BCUT2D eigenvalue weighted by atomic mass is 9.90. The Kier molecular flexibility index (Phi) is 2.75. The van der Waals surface area contributed by atoms with Crippen LogP contribution in [0.15, 0.2) is 53.8 Å². The van der Waals surface area contributed by atoms with Crippen LogP contribution in [-0.2, 0) is 0 Å². The average molecular weight is 531 g/mol. The topological polar surface area (TPSA) is 0 Å². The molecule has 5 heteroatoms. The van der Waals surface area contributed by atoms with E-state index in [1.807, 2.05) is 56.7 Å². The van der Waals surface area contributed by atoms with E-state index in [0.717, 1.165) is 0 Å². The van der Waals surface area contributed by atoms with E-state index in [9.17, 15) is 0 Å². The van der Waals surface area contributed by atoms with Crippen LogP contribution in [0, 0.1) is 0 Å². The molecule has 5 aromatic heterocycles. The zero-order valence-electron chi connectivity index (χ0n) is 17.8. The summed E-state index contributed by atoms with van der Waals surface area (Å²) in [5.41, 5.74) is 0. The molecule has 0 saturated carbocycles. The van der Waals surface area contributed by atoms with E-state index >= 15 is 0 Å². The van der Waals surface area contributed by atoms with E-state index in [2.05, 4.69) is 53.8 Å². The summed E-state index contributed by atoms with van der Waals surface area (Å²) in [6, 6.07) is 0. The predicted octanol–water partition coefficient (Wildman–Crippen LogP) is 11.8. The molecule has 35 heavy (non-hydrogen) atoms. The smallest absolute Gasteiger partial charge is 0.00153 e. The van der Waals surface area contributed by atoms with Crippen LogP contribution in [0.2, 0.25) is 0 Å². The lowest BCUT2D eigenvalue weighted by Gasteiger charge is -2.11. The van der Waals surface area contributed by atoms with Crippen molar-refractivity contribution in [2.45, 2.75) is 0 Å². The fourth-order valence-corrected chi connectivity index (χ4v) is 11.5. The van der Waals surface area contributed by atoms with Crippen LogP contribution in [0.3, 0.4) is 0 Å². The highest BCUT2D eigenvalue weighted by Gasteiger charge is 2.30. The SMILES string of the molecule is c1scc2c1c1c3cscc3c3c4cscc4c4c5cscc5c5c6cscc6c2c2c1c3c4c52. The molecule has 160 valence electrons. The summed E-state index contributed by atoms with van der Waals surface area (Å²) in [4.78, 5) is 0. The largest absolute Gasteiger partial charge is 0.151 e. The lowest BCUT2D eigenvalue weighted by Crippen LogP contribution is -1.83. The molecule has 5 heterocycles. The summed E-state index contributed by atoms with van der Waals surface area (Å²) >= 11 is 9.26. The van der Waals surface area contributed by atoms with Gasteiger partial charge in [0.1, 0.15) is 0 Å². The number of hydrogen-bond donors (Lipinski definition) is 0. The number of fused-ring (bicyclic) bond motifs is 15. The van der Waals surface area contributed by atoms with E-state index < -0.39 is 0 Å². The van der Waals surface area contributed by atoms with Crippen LogP contribution in [0.5, 0.6) is 0 Å². The molecule has 0 unspecified atom stereocenters. The van der Waals surface area contributed by atoms with Crippen LogP contribution >= 0.6 is 56.7 Å². The highest BCUT2D eigenvalue weighted by Crippen LogP contribution is 2.60. The van der Waals surface area contributed by atoms with E-state index in [1.54, 1.807) is 0 Å². The zero-order valence-corrected chi connectivity index (χ0v) is 21.9. The molecule has 0 fully saturated rings. The average Bonchev–Trinajstić information content (AvgIpc) is 3.72. The van der Waals surface area contributed by atoms with Gasteiger partial charge in [-0.25, -0.2) is 0 Å². The number of benzene rings is 5. The molecule has 0 N–H and O–H groups in total. The van der Waals surface area contributed by atoms with E-state index in [-0.39, 0.29) is 0 Å². The normalized spacial score (nSPS) is 13.7. The van der Waals surface area contributed by atoms with Gasteiger partial charge in [0.05, 0.1) is 0 Å². The molecule has 0 aliphatic carbocycles. The molecule has 0 amide bonds. The summed E-state index contributed by atoms with van der Waals surface area (Å²) in [6.07, 6.45) is 0. The zero-order chi connectivity index (χ0) is 22.2. The molecule has 0 nitrogen and oxygen atoms in total. The first kappa shape index (κ1) is 17.6.